The van der Waals surface area contributed by atoms with Crippen LogP contribution in [0.5, 0.6) is 0 Å². The van der Waals surface area contributed by atoms with Crippen molar-refractivity contribution in [2.75, 3.05) is 43.7 Å². The molecule has 0 fully saturated rings. The molecule has 1 aromatic heterocycles. The zero-order chi connectivity index (χ0) is 30.3. The predicted molar refractivity (Wildman–Crippen MR) is 180 cm³/mol. The average Bonchev–Trinajstić information content (AvgIpc) is 3.41. The minimum Gasteiger partial charge on any atom is -0.367 e. The molecule has 1 heterocycles. The lowest BCUT2D eigenvalue weighted by atomic mass is 10.1. The molecule has 0 N–H and O–H groups in total. The number of hydrogen-bond donors (Lipinski definition) is 0. The summed E-state index contributed by atoms with van der Waals surface area (Å²) >= 11 is 11.6. The van der Waals surface area contributed by atoms with E-state index >= 15 is 0 Å². The molecule has 230 valence electrons. The van der Waals surface area contributed by atoms with Crippen molar-refractivity contribution in [3.63, 3.8) is 0 Å². The molecule has 0 aliphatic carbocycles. The summed E-state index contributed by atoms with van der Waals surface area (Å²) in [6.45, 7) is 0.0851. The zero-order valence-corrected chi connectivity index (χ0v) is 28.6. The van der Waals surface area contributed by atoms with Crippen LogP contribution < -0.4 is 4.90 Å². The highest BCUT2D eigenvalue weighted by atomic mass is 79.9. The van der Waals surface area contributed by atoms with Crippen molar-refractivity contribution in [2.45, 2.75) is 0 Å². The van der Waals surface area contributed by atoms with E-state index in [1.54, 1.807) is 40.7 Å². The molecule has 0 aliphatic heterocycles. The second kappa shape index (κ2) is 15.6. The van der Waals surface area contributed by atoms with Crippen LogP contribution in [0.1, 0.15) is 5.56 Å². The van der Waals surface area contributed by atoms with Gasteiger partial charge in [-0.05, 0) is 42.5 Å². The molecule has 3 aromatic carbocycles. The first-order valence-corrected chi connectivity index (χ1v) is 18.1. The Morgan fingerprint density at radius 1 is 0.907 bits per heavy atom. The van der Waals surface area contributed by atoms with Crippen LogP contribution in [0.2, 0.25) is 5.02 Å². The normalized spacial score (nSPS) is 11.9. The second-order valence-corrected chi connectivity index (χ2v) is 14.6. The summed E-state index contributed by atoms with van der Waals surface area (Å²) in [4.78, 5) is 11.0. The summed E-state index contributed by atoms with van der Waals surface area (Å²) in [6.07, 6.45) is 3.57. The number of benzene rings is 3. The Morgan fingerprint density at radius 3 is 2.05 bits per heavy atom. The van der Waals surface area contributed by atoms with Gasteiger partial charge in [0.25, 0.3) is 20.2 Å². The molecule has 0 aliphatic rings. The summed E-state index contributed by atoms with van der Waals surface area (Å²) in [7, 11) is -7.25. The molecular formula is C28H28BrCl2N3O6S3. The van der Waals surface area contributed by atoms with Gasteiger partial charge in [-0.2, -0.15) is 16.8 Å². The quantitative estimate of drug-likeness (QED) is 0.108. The standard InChI is InChI=1S/C28H27BrClN3O6S3.ClH/c1-41(34,35)38-15-13-33(14-16-39-42(2,36)37)25-12-7-22(26(30)17-25)18-31-24-10-5-20(6-11-24)27-19-40-28(32-27)21-3-8-23(29)9-4-21;/h3-12,17-19H,13-16H2,1-2H3;1H. The minimum absolute atomic E-state index is 0. The van der Waals surface area contributed by atoms with E-state index in [1.807, 2.05) is 53.9 Å². The summed E-state index contributed by atoms with van der Waals surface area (Å²) < 4.78 is 56.1. The highest BCUT2D eigenvalue weighted by molar-refractivity contribution is 9.10. The molecule has 0 radical (unpaired) electrons. The molecule has 0 saturated carbocycles. The van der Waals surface area contributed by atoms with Crippen molar-refractivity contribution in [3.8, 4) is 21.8 Å². The lowest BCUT2D eigenvalue weighted by Gasteiger charge is -2.24. The first kappa shape index (κ1) is 35.1. The van der Waals surface area contributed by atoms with Gasteiger partial charge in [0, 0.05) is 51.5 Å². The summed E-state index contributed by atoms with van der Waals surface area (Å²) in [5, 5.41) is 3.39. The van der Waals surface area contributed by atoms with E-state index in [0.29, 0.717) is 16.3 Å². The molecule has 4 aromatic rings. The van der Waals surface area contributed by atoms with E-state index in [2.05, 4.69) is 20.9 Å². The number of thiazole rings is 1. The van der Waals surface area contributed by atoms with Gasteiger partial charge in [-0.1, -0.05) is 51.8 Å². The smallest absolute Gasteiger partial charge is 0.264 e. The fourth-order valence-corrected chi connectivity index (χ4v) is 5.86. The number of rotatable bonds is 13. The van der Waals surface area contributed by atoms with Crippen LogP contribution in [-0.2, 0) is 28.6 Å². The third-order valence-corrected chi connectivity index (χ3v) is 8.71. The van der Waals surface area contributed by atoms with Crippen molar-refractivity contribution in [3.05, 3.63) is 87.2 Å². The van der Waals surface area contributed by atoms with Gasteiger partial charge in [0.05, 0.1) is 42.1 Å². The van der Waals surface area contributed by atoms with Crippen molar-refractivity contribution in [1.82, 2.24) is 4.98 Å². The van der Waals surface area contributed by atoms with E-state index in [4.69, 9.17) is 25.0 Å². The Balaban J connectivity index is 0.00000506. The third-order valence-electron chi connectivity index (χ3n) is 5.78. The fraction of sp³-hybridized carbons (Fsp3) is 0.214. The fourth-order valence-electron chi connectivity index (χ4n) is 3.78. The van der Waals surface area contributed by atoms with Crippen LogP contribution in [0.4, 0.5) is 11.4 Å². The maximum Gasteiger partial charge on any atom is 0.264 e. The van der Waals surface area contributed by atoms with Gasteiger partial charge in [0.15, 0.2) is 0 Å². The van der Waals surface area contributed by atoms with Crippen LogP contribution in [0.25, 0.3) is 21.8 Å². The SMILES string of the molecule is CS(=O)(=O)OCCN(CCOS(C)(=O)=O)c1ccc(C=Nc2ccc(-c3csc(-c4ccc(Br)cc4)n3)cc2)c(Cl)c1.Cl. The minimum atomic E-state index is -3.63. The van der Waals surface area contributed by atoms with Gasteiger partial charge in [-0.15, -0.1) is 23.7 Å². The maximum absolute atomic E-state index is 11.4. The Bertz CT molecular complexity index is 1730. The number of nitrogens with zero attached hydrogens (tertiary/aromatic N) is 3. The molecule has 0 spiro atoms. The van der Waals surface area contributed by atoms with Gasteiger partial charge in [-0.3, -0.25) is 13.4 Å². The number of halogens is 3. The zero-order valence-electron chi connectivity index (χ0n) is 23.0. The van der Waals surface area contributed by atoms with Crippen LogP contribution >= 0.6 is 51.3 Å². The lowest BCUT2D eigenvalue weighted by molar-refractivity contribution is 0.309. The number of aliphatic imine (C=N–C) groups is 1. The molecule has 4 rings (SSSR count). The van der Waals surface area contributed by atoms with Crippen LogP contribution in [0.15, 0.2) is 81.6 Å². The van der Waals surface area contributed by atoms with Crippen molar-refractivity contribution in [2.24, 2.45) is 4.99 Å². The Morgan fingerprint density at radius 2 is 1.49 bits per heavy atom. The van der Waals surface area contributed by atoms with E-state index < -0.39 is 20.2 Å². The van der Waals surface area contributed by atoms with Crippen LogP contribution in [-0.4, -0.2) is 66.8 Å². The molecule has 0 amide bonds. The van der Waals surface area contributed by atoms with Gasteiger partial charge in [0.2, 0.25) is 0 Å². The average molecular weight is 750 g/mol. The van der Waals surface area contributed by atoms with Gasteiger partial charge < -0.3 is 4.90 Å². The second-order valence-electron chi connectivity index (χ2n) is 9.09. The van der Waals surface area contributed by atoms with Gasteiger partial charge in [-0.25, -0.2) is 4.98 Å². The molecule has 0 atom stereocenters. The molecular weight excluding hydrogens is 721 g/mol. The van der Waals surface area contributed by atoms with Crippen LogP contribution in [0.3, 0.4) is 0 Å². The molecule has 0 saturated heterocycles. The maximum atomic E-state index is 11.4. The summed E-state index contributed by atoms with van der Waals surface area (Å²) in [6, 6.07) is 21.0. The Labute approximate surface area is 275 Å². The van der Waals surface area contributed by atoms with E-state index in [-0.39, 0.29) is 38.7 Å². The monoisotopic (exact) mass is 747 g/mol. The van der Waals surface area contributed by atoms with E-state index in [0.717, 1.165) is 44.5 Å². The first-order valence-electron chi connectivity index (χ1n) is 12.5. The highest BCUT2D eigenvalue weighted by Crippen LogP contribution is 2.31. The largest absolute Gasteiger partial charge is 0.367 e. The molecule has 0 bridgehead atoms. The van der Waals surface area contributed by atoms with Crippen molar-refractivity contribution < 1.29 is 25.2 Å². The molecule has 9 nitrogen and oxygen atoms in total. The van der Waals surface area contributed by atoms with Crippen molar-refractivity contribution in [1.29, 1.82) is 0 Å². The molecule has 43 heavy (non-hydrogen) atoms. The lowest BCUT2D eigenvalue weighted by Crippen LogP contribution is -2.32. The topological polar surface area (TPSA) is 115 Å². The first-order chi connectivity index (χ1) is 19.9. The molecule has 15 heteroatoms. The van der Waals surface area contributed by atoms with Crippen LogP contribution in [0, 0.1) is 0 Å². The number of aromatic nitrogens is 1. The Hall–Kier alpha value is -2.36. The third kappa shape index (κ3) is 11.3. The van der Waals surface area contributed by atoms with E-state index in [9.17, 15) is 16.8 Å². The number of hydrogen-bond acceptors (Lipinski definition) is 10. The van der Waals surface area contributed by atoms with Gasteiger partial charge >= 0.3 is 0 Å². The number of anilines is 1. The highest BCUT2D eigenvalue weighted by Gasteiger charge is 2.13. The van der Waals surface area contributed by atoms with Crippen molar-refractivity contribution >= 4 is 89.1 Å². The molecule has 0 unspecified atom stereocenters. The predicted octanol–water partition coefficient (Wildman–Crippen LogP) is 6.82. The summed E-state index contributed by atoms with van der Waals surface area (Å²) in [5.41, 5.74) is 4.98. The van der Waals surface area contributed by atoms with E-state index in [1.165, 1.54) is 0 Å². The summed E-state index contributed by atoms with van der Waals surface area (Å²) in [5.74, 6) is 0. The Kier molecular flexibility index (Phi) is 12.7. The van der Waals surface area contributed by atoms with Gasteiger partial charge in [0.1, 0.15) is 5.01 Å².